The highest BCUT2D eigenvalue weighted by atomic mass is 16.6. The van der Waals surface area contributed by atoms with Gasteiger partial charge in [0.25, 0.3) is 11.6 Å². The Morgan fingerprint density at radius 1 is 1.10 bits per heavy atom. The van der Waals surface area contributed by atoms with E-state index in [0.717, 1.165) is 16.8 Å². The molecule has 7 heteroatoms. The third kappa shape index (κ3) is 4.18. The molecular formula is C22H24N4O3. The van der Waals surface area contributed by atoms with E-state index in [1.807, 2.05) is 18.2 Å². The van der Waals surface area contributed by atoms with Gasteiger partial charge in [-0.2, -0.15) is 0 Å². The summed E-state index contributed by atoms with van der Waals surface area (Å²) >= 11 is 0. The molecule has 0 aliphatic heterocycles. The van der Waals surface area contributed by atoms with Gasteiger partial charge < -0.3 is 9.88 Å². The molecule has 0 fully saturated rings. The summed E-state index contributed by atoms with van der Waals surface area (Å²) in [6.07, 6.45) is 4.65. The summed E-state index contributed by atoms with van der Waals surface area (Å²) in [5.74, 6) is 0.0733. The third-order valence-corrected chi connectivity index (χ3v) is 4.83. The monoisotopic (exact) mass is 392 g/mol. The normalized spacial score (nSPS) is 11.1. The van der Waals surface area contributed by atoms with Crippen LogP contribution < -0.4 is 5.32 Å². The van der Waals surface area contributed by atoms with Crippen LogP contribution in [0.1, 0.15) is 61.0 Å². The highest BCUT2D eigenvalue weighted by Gasteiger charge is 2.21. The molecule has 0 bridgehead atoms. The van der Waals surface area contributed by atoms with Crippen molar-refractivity contribution in [1.82, 2.24) is 9.55 Å². The molecule has 1 aromatic heterocycles. The Kier molecular flexibility index (Phi) is 5.77. The van der Waals surface area contributed by atoms with Crippen LogP contribution in [0.4, 0.5) is 11.4 Å². The molecule has 2 aromatic carbocycles. The quantitative estimate of drug-likeness (QED) is 0.456. The molecule has 7 nitrogen and oxygen atoms in total. The molecule has 0 aliphatic rings. The van der Waals surface area contributed by atoms with Crippen molar-refractivity contribution in [3.8, 4) is 5.69 Å². The minimum atomic E-state index is -0.492. The first-order valence-electron chi connectivity index (χ1n) is 9.50. The molecule has 1 amide bonds. The maximum absolute atomic E-state index is 13.0. The van der Waals surface area contributed by atoms with E-state index in [1.54, 1.807) is 29.1 Å². The van der Waals surface area contributed by atoms with Crippen molar-refractivity contribution in [1.29, 1.82) is 0 Å². The average Bonchev–Trinajstić information content (AvgIpc) is 3.21. The molecule has 3 rings (SSSR count). The zero-order chi connectivity index (χ0) is 21.1. The molecule has 150 valence electrons. The van der Waals surface area contributed by atoms with Gasteiger partial charge in [0, 0.05) is 29.7 Å². The van der Waals surface area contributed by atoms with Crippen LogP contribution in [0.25, 0.3) is 5.69 Å². The SMILES string of the molecule is CC(C)c1cccc(C(C)C)c1NC(=O)c1ccc(-n2ccnc2)c([N+](=O)[O-])c1. The Morgan fingerprint density at radius 3 is 2.28 bits per heavy atom. The number of anilines is 1. The van der Waals surface area contributed by atoms with E-state index in [-0.39, 0.29) is 29.0 Å². The molecule has 29 heavy (non-hydrogen) atoms. The standard InChI is InChI=1S/C22H24N4O3/c1-14(2)17-6-5-7-18(15(3)4)21(17)24-22(27)16-8-9-19(20(12-16)26(28)29)25-11-10-23-13-25/h5-15H,1-4H3,(H,24,27). The average molecular weight is 392 g/mol. The number of nitro groups is 1. The number of imidazole rings is 1. The van der Waals surface area contributed by atoms with Gasteiger partial charge in [-0.25, -0.2) is 4.98 Å². The van der Waals surface area contributed by atoms with E-state index in [4.69, 9.17) is 0 Å². The molecule has 3 aromatic rings. The van der Waals surface area contributed by atoms with Gasteiger partial charge in [0.05, 0.1) is 11.3 Å². The number of nitrogens with zero attached hydrogens (tertiary/aromatic N) is 3. The minimum Gasteiger partial charge on any atom is -0.321 e. The van der Waals surface area contributed by atoms with E-state index in [1.165, 1.54) is 12.4 Å². The lowest BCUT2D eigenvalue weighted by Crippen LogP contribution is -2.16. The number of rotatable bonds is 6. The Balaban J connectivity index is 2.01. The predicted molar refractivity (Wildman–Crippen MR) is 113 cm³/mol. The highest BCUT2D eigenvalue weighted by molar-refractivity contribution is 6.05. The minimum absolute atomic E-state index is 0.156. The summed E-state index contributed by atoms with van der Waals surface area (Å²) in [7, 11) is 0. The highest BCUT2D eigenvalue weighted by Crippen LogP contribution is 2.33. The predicted octanol–water partition coefficient (Wildman–Crippen LogP) is 5.28. The molecule has 0 unspecified atom stereocenters. The molecule has 0 saturated carbocycles. The Hall–Kier alpha value is -3.48. The Bertz CT molecular complexity index is 1010. The van der Waals surface area contributed by atoms with E-state index in [2.05, 4.69) is 38.0 Å². The van der Waals surface area contributed by atoms with E-state index in [0.29, 0.717) is 5.69 Å². The van der Waals surface area contributed by atoms with Crippen molar-refractivity contribution in [2.24, 2.45) is 0 Å². The first kappa shape index (κ1) is 20.3. The lowest BCUT2D eigenvalue weighted by molar-refractivity contribution is -0.384. The molecular weight excluding hydrogens is 368 g/mol. The number of carbonyl (C=O) groups excluding carboxylic acids is 1. The van der Waals surface area contributed by atoms with Crippen LogP contribution in [0.15, 0.2) is 55.1 Å². The molecule has 0 saturated heterocycles. The van der Waals surface area contributed by atoms with Crippen molar-refractivity contribution in [3.05, 3.63) is 81.9 Å². The van der Waals surface area contributed by atoms with Crippen LogP contribution in [0.5, 0.6) is 0 Å². The summed E-state index contributed by atoms with van der Waals surface area (Å²) in [5.41, 5.74) is 3.28. The van der Waals surface area contributed by atoms with Gasteiger partial charge in [-0.05, 0) is 35.1 Å². The fourth-order valence-electron chi connectivity index (χ4n) is 3.31. The Morgan fingerprint density at radius 2 is 1.76 bits per heavy atom. The third-order valence-electron chi connectivity index (χ3n) is 4.83. The zero-order valence-electron chi connectivity index (χ0n) is 16.9. The van der Waals surface area contributed by atoms with E-state index in [9.17, 15) is 14.9 Å². The van der Waals surface area contributed by atoms with Gasteiger partial charge in [0.15, 0.2) is 0 Å². The summed E-state index contributed by atoms with van der Waals surface area (Å²) in [6.45, 7) is 8.28. The first-order valence-corrected chi connectivity index (χ1v) is 9.50. The van der Waals surface area contributed by atoms with Crippen molar-refractivity contribution in [3.63, 3.8) is 0 Å². The maximum Gasteiger partial charge on any atom is 0.294 e. The second-order valence-corrected chi connectivity index (χ2v) is 7.51. The second kappa shape index (κ2) is 8.26. The summed E-state index contributed by atoms with van der Waals surface area (Å²) in [6, 6.07) is 10.4. The van der Waals surface area contributed by atoms with E-state index >= 15 is 0 Å². The molecule has 1 N–H and O–H groups in total. The van der Waals surface area contributed by atoms with E-state index < -0.39 is 4.92 Å². The van der Waals surface area contributed by atoms with Gasteiger partial charge in [-0.3, -0.25) is 14.9 Å². The fourth-order valence-corrected chi connectivity index (χ4v) is 3.31. The van der Waals surface area contributed by atoms with Crippen LogP contribution in [0.2, 0.25) is 0 Å². The lowest BCUT2D eigenvalue weighted by Gasteiger charge is -2.20. The number of benzene rings is 2. The number of carbonyl (C=O) groups is 1. The molecule has 0 spiro atoms. The van der Waals surface area contributed by atoms with Crippen LogP contribution in [0, 0.1) is 10.1 Å². The molecule has 0 aliphatic carbocycles. The fraction of sp³-hybridized carbons (Fsp3) is 0.273. The second-order valence-electron chi connectivity index (χ2n) is 7.51. The summed E-state index contributed by atoms with van der Waals surface area (Å²) in [4.78, 5) is 28.0. The number of nitrogens with one attached hydrogen (secondary N) is 1. The topological polar surface area (TPSA) is 90.1 Å². The number of amides is 1. The lowest BCUT2D eigenvalue weighted by atomic mass is 9.92. The number of hydrogen-bond acceptors (Lipinski definition) is 4. The molecule has 1 heterocycles. The first-order chi connectivity index (χ1) is 13.8. The van der Waals surface area contributed by atoms with Gasteiger partial charge in [0.2, 0.25) is 0 Å². The van der Waals surface area contributed by atoms with Gasteiger partial charge in [-0.15, -0.1) is 0 Å². The number of aromatic nitrogens is 2. The van der Waals surface area contributed by atoms with Crippen LogP contribution in [-0.2, 0) is 0 Å². The smallest absolute Gasteiger partial charge is 0.294 e. The molecule has 0 radical (unpaired) electrons. The van der Waals surface area contributed by atoms with Crippen LogP contribution in [0.3, 0.4) is 0 Å². The molecule has 0 atom stereocenters. The van der Waals surface area contributed by atoms with Gasteiger partial charge in [0.1, 0.15) is 5.69 Å². The number of hydrogen-bond donors (Lipinski definition) is 1. The van der Waals surface area contributed by atoms with Crippen molar-refractivity contribution < 1.29 is 9.72 Å². The van der Waals surface area contributed by atoms with Crippen LogP contribution >= 0.6 is 0 Å². The van der Waals surface area contributed by atoms with Gasteiger partial charge >= 0.3 is 0 Å². The van der Waals surface area contributed by atoms with Crippen molar-refractivity contribution >= 4 is 17.3 Å². The Labute approximate surface area is 169 Å². The zero-order valence-corrected chi connectivity index (χ0v) is 16.9. The maximum atomic E-state index is 13.0. The number of nitro benzene ring substituents is 1. The summed E-state index contributed by atoms with van der Waals surface area (Å²) in [5, 5.41) is 14.6. The van der Waals surface area contributed by atoms with Crippen molar-refractivity contribution in [2.75, 3.05) is 5.32 Å². The largest absolute Gasteiger partial charge is 0.321 e. The van der Waals surface area contributed by atoms with Gasteiger partial charge in [-0.1, -0.05) is 45.9 Å². The van der Waals surface area contributed by atoms with Crippen LogP contribution in [-0.4, -0.2) is 20.4 Å². The van der Waals surface area contributed by atoms with Crippen molar-refractivity contribution in [2.45, 2.75) is 39.5 Å². The number of para-hydroxylation sites is 1. The summed E-state index contributed by atoms with van der Waals surface area (Å²) < 4.78 is 1.55.